The summed E-state index contributed by atoms with van der Waals surface area (Å²) >= 11 is 11.9. The molecule has 2 rings (SSSR count). The molecule has 0 saturated heterocycles. The maximum atomic E-state index is 13.0. The highest BCUT2D eigenvalue weighted by atomic mass is 35.5. The molecule has 2 nitrogen and oxygen atoms in total. The monoisotopic (exact) mass is 281 g/mol. The average molecular weight is 282 g/mol. The van der Waals surface area contributed by atoms with Crippen LogP contribution in [0.5, 0.6) is 11.5 Å². The summed E-state index contributed by atoms with van der Waals surface area (Å²) in [5, 5.41) is 9.14. The van der Waals surface area contributed by atoms with Crippen molar-refractivity contribution in [2.45, 2.75) is 0 Å². The number of nitrogens with zero attached hydrogens (tertiary/aromatic N) is 1. The molecule has 90 valence electrons. The van der Waals surface area contributed by atoms with Crippen molar-refractivity contribution in [3.8, 4) is 17.6 Å². The second-order valence-electron chi connectivity index (χ2n) is 3.44. The Morgan fingerprint density at radius 1 is 1.11 bits per heavy atom. The molecule has 0 fully saturated rings. The van der Waals surface area contributed by atoms with E-state index in [0.29, 0.717) is 5.56 Å². The van der Waals surface area contributed by atoms with Crippen molar-refractivity contribution in [3.05, 3.63) is 57.8 Å². The lowest BCUT2D eigenvalue weighted by Gasteiger charge is -2.09. The fourth-order valence-electron chi connectivity index (χ4n) is 1.37. The third-order valence-electron chi connectivity index (χ3n) is 2.14. The van der Waals surface area contributed by atoms with Crippen LogP contribution in [0, 0.1) is 17.1 Å². The molecule has 0 spiro atoms. The van der Waals surface area contributed by atoms with Crippen LogP contribution in [0.2, 0.25) is 10.0 Å². The van der Waals surface area contributed by atoms with Gasteiger partial charge in [-0.25, -0.2) is 4.39 Å². The standard InChI is InChI=1S/C13H6Cl2FNO/c14-11-4-8(7-17)5-12(15)13(11)18-10-3-1-2-9(16)6-10/h1-6H. The molecule has 0 atom stereocenters. The molecule has 5 heteroatoms. The van der Waals surface area contributed by atoms with Gasteiger partial charge in [0, 0.05) is 6.07 Å². The largest absolute Gasteiger partial charge is 0.454 e. The first kappa shape index (κ1) is 12.7. The Kier molecular flexibility index (Phi) is 3.71. The Morgan fingerprint density at radius 2 is 1.78 bits per heavy atom. The zero-order valence-electron chi connectivity index (χ0n) is 8.95. The van der Waals surface area contributed by atoms with E-state index in [1.54, 1.807) is 6.07 Å². The third kappa shape index (κ3) is 2.73. The topological polar surface area (TPSA) is 33.0 Å². The Hall–Kier alpha value is -1.76. The lowest BCUT2D eigenvalue weighted by Crippen LogP contribution is -1.88. The van der Waals surface area contributed by atoms with Crippen LogP contribution in [0.3, 0.4) is 0 Å². The van der Waals surface area contributed by atoms with Crippen LogP contribution in [0.15, 0.2) is 36.4 Å². The minimum Gasteiger partial charge on any atom is -0.454 e. The number of rotatable bonds is 2. The molecule has 2 aromatic rings. The average Bonchev–Trinajstić information content (AvgIpc) is 2.33. The second-order valence-corrected chi connectivity index (χ2v) is 4.25. The lowest BCUT2D eigenvalue weighted by atomic mass is 10.2. The van der Waals surface area contributed by atoms with Crippen molar-refractivity contribution in [1.82, 2.24) is 0 Å². The predicted octanol–water partition coefficient (Wildman–Crippen LogP) is 4.80. The number of hydrogen-bond acceptors (Lipinski definition) is 2. The first-order valence-electron chi connectivity index (χ1n) is 4.92. The van der Waals surface area contributed by atoms with E-state index in [9.17, 15) is 4.39 Å². The molecule has 0 radical (unpaired) electrons. The van der Waals surface area contributed by atoms with Gasteiger partial charge in [0.05, 0.1) is 21.7 Å². The molecular formula is C13H6Cl2FNO. The van der Waals surface area contributed by atoms with E-state index < -0.39 is 5.82 Å². The van der Waals surface area contributed by atoms with E-state index in [0.717, 1.165) is 0 Å². The van der Waals surface area contributed by atoms with Gasteiger partial charge in [0.25, 0.3) is 0 Å². The van der Waals surface area contributed by atoms with Crippen molar-refractivity contribution in [1.29, 1.82) is 5.26 Å². The number of hydrogen-bond donors (Lipinski definition) is 0. The first-order chi connectivity index (χ1) is 8.60. The fraction of sp³-hybridized carbons (Fsp3) is 0. The summed E-state index contributed by atoms with van der Waals surface area (Å²) in [4.78, 5) is 0. The molecule has 0 unspecified atom stereocenters. The molecule has 0 aliphatic carbocycles. The Morgan fingerprint density at radius 3 is 2.33 bits per heavy atom. The van der Waals surface area contributed by atoms with Gasteiger partial charge < -0.3 is 4.74 Å². The SMILES string of the molecule is N#Cc1cc(Cl)c(Oc2cccc(F)c2)c(Cl)c1. The summed E-state index contributed by atoms with van der Waals surface area (Å²) in [6, 6.07) is 10.4. The summed E-state index contributed by atoms with van der Waals surface area (Å²) in [6.07, 6.45) is 0. The van der Waals surface area contributed by atoms with Crippen LogP contribution in [-0.4, -0.2) is 0 Å². The van der Waals surface area contributed by atoms with Gasteiger partial charge in [-0.3, -0.25) is 0 Å². The maximum Gasteiger partial charge on any atom is 0.164 e. The zero-order valence-corrected chi connectivity index (χ0v) is 10.5. The van der Waals surface area contributed by atoms with E-state index in [1.807, 2.05) is 6.07 Å². The number of nitriles is 1. The minimum absolute atomic E-state index is 0.197. The normalized spacial score (nSPS) is 9.89. The van der Waals surface area contributed by atoms with E-state index in [-0.39, 0.29) is 21.5 Å². The van der Waals surface area contributed by atoms with E-state index >= 15 is 0 Å². The fourth-order valence-corrected chi connectivity index (χ4v) is 1.93. The van der Waals surface area contributed by atoms with Gasteiger partial charge in [0.15, 0.2) is 5.75 Å². The highest BCUT2D eigenvalue weighted by Gasteiger charge is 2.11. The van der Waals surface area contributed by atoms with Crippen LogP contribution in [-0.2, 0) is 0 Å². The number of benzene rings is 2. The van der Waals surface area contributed by atoms with Crippen LogP contribution < -0.4 is 4.74 Å². The Bertz CT molecular complexity index is 614. The molecule has 2 aromatic carbocycles. The highest BCUT2D eigenvalue weighted by Crippen LogP contribution is 2.37. The van der Waals surface area contributed by atoms with Gasteiger partial charge in [-0.05, 0) is 24.3 Å². The third-order valence-corrected chi connectivity index (χ3v) is 2.70. The van der Waals surface area contributed by atoms with E-state index in [1.165, 1.54) is 30.3 Å². The molecule has 0 bridgehead atoms. The number of ether oxygens (including phenoxy) is 1. The van der Waals surface area contributed by atoms with Crippen molar-refractivity contribution < 1.29 is 9.13 Å². The minimum atomic E-state index is -0.423. The van der Waals surface area contributed by atoms with Crippen LogP contribution >= 0.6 is 23.2 Å². The van der Waals surface area contributed by atoms with Crippen LogP contribution in [0.1, 0.15) is 5.56 Å². The van der Waals surface area contributed by atoms with Crippen LogP contribution in [0.4, 0.5) is 4.39 Å². The molecule has 0 aliphatic heterocycles. The van der Waals surface area contributed by atoms with Crippen LogP contribution in [0.25, 0.3) is 0 Å². The molecule has 0 amide bonds. The number of halogens is 3. The molecule has 0 N–H and O–H groups in total. The highest BCUT2D eigenvalue weighted by molar-refractivity contribution is 6.37. The Balaban J connectivity index is 2.38. The van der Waals surface area contributed by atoms with Crippen molar-refractivity contribution in [2.24, 2.45) is 0 Å². The first-order valence-corrected chi connectivity index (χ1v) is 5.68. The summed E-state index contributed by atoms with van der Waals surface area (Å²) in [7, 11) is 0. The summed E-state index contributed by atoms with van der Waals surface area (Å²) in [5.41, 5.74) is 0.330. The van der Waals surface area contributed by atoms with Crippen molar-refractivity contribution in [3.63, 3.8) is 0 Å². The molecule has 0 aromatic heterocycles. The smallest absolute Gasteiger partial charge is 0.164 e. The predicted molar refractivity (Wildman–Crippen MR) is 67.7 cm³/mol. The Labute approximate surface area is 113 Å². The van der Waals surface area contributed by atoms with Gasteiger partial charge in [0.1, 0.15) is 11.6 Å². The van der Waals surface area contributed by atoms with E-state index in [4.69, 9.17) is 33.2 Å². The molecule has 0 saturated carbocycles. The van der Waals surface area contributed by atoms with Gasteiger partial charge in [-0.15, -0.1) is 0 Å². The quantitative estimate of drug-likeness (QED) is 0.792. The lowest BCUT2D eigenvalue weighted by molar-refractivity contribution is 0.477. The summed E-state index contributed by atoms with van der Waals surface area (Å²) in [5.74, 6) is 0.0554. The molecule has 18 heavy (non-hydrogen) atoms. The second kappa shape index (κ2) is 5.26. The van der Waals surface area contributed by atoms with Gasteiger partial charge in [-0.2, -0.15) is 5.26 Å². The van der Waals surface area contributed by atoms with Crippen molar-refractivity contribution >= 4 is 23.2 Å². The molecule has 0 aliphatic rings. The molecular weight excluding hydrogens is 276 g/mol. The van der Waals surface area contributed by atoms with E-state index in [2.05, 4.69) is 0 Å². The van der Waals surface area contributed by atoms with Crippen molar-refractivity contribution in [2.75, 3.05) is 0 Å². The van der Waals surface area contributed by atoms with Gasteiger partial charge in [-0.1, -0.05) is 29.3 Å². The zero-order chi connectivity index (χ0) is 13.1. The summed E-state index contributed by atoms with van der Waals surface area (Å²) in [6.45, 7) is 0. The molecule has 0 heterocycles. The maximum absolute atomic E-state index is 13.0. The summed E-state index contributed by atoms with van der Waals surface area (Å²) < 4.78 is 18.4. The van der Waals surface area contributed by atoms with Gasteiger partial charge in [0.2, 0.25) is 0 Å². The van der Waals surface area contributed by atoms with Gasteiger partial charge >= 0.3 is 0 Å².